The number of benzene rings is 1. The minimum atomic E-state index is -1.13. The van der Waals surface area contributed by atoms with E-state index < -0.39 is 12.5 Å². The molecule has 1 aromatic heterocycles. The Balaban J connectivity index is 1.76. The first-order valence-corrected chi connectivity index (χ1v) is 8.73. The normalized spacial score (nSPS) is 11.3. The van der Waals surface area contributed by atoms with Crippen molar-refractivity contribution in [1.82, 2.24) is 10.1 Å². The van der Waals surface area contributed by atoms with Gasteiger partial charge in [0.2, 0.25) is 0 Å². The summed E-state index contributed by atoms with van der Waals surface area (Å²) in [6.45, 7) is 2.07. The summed E-state index contributed by atoms with van der Waals surface area (Å²) in [7, 11) is 0. The lowest BCUT2D eigenvalue weighted by Gasteiger charge is -2.09. The Morgan fingerprint density at radius 2 is 2.15 bits per heavy atom. The van der Waals surface area contributed by atoms with Crippen molar-refractivity contribution < 1.29 is 23.8 Å². The third kappa shape index (κ3) is 6.72. The van der Waals surface area contributed by atoms with Crippen molar-refractivity contribution in [3.8, 4) is 10.9 Å². The molecule has 1 aromatic carbocycles. The molecule has 11 heteroatoms. The summed E-state index contributed by atoms with van der Waals surface area (Å²) in [4.78, 5) is 15.1. The van der Waals surface area contributed by atoms with E-state index in [0.29, 0.717) is 35.5 Å². The molecule has 1 heterocycles. The maximum absolute atomic E-state index is 13.2. The zero-order chi connectivity index (χ0) is 19.8. The SMILES string of the molecule is Cc1ccc(F)cc1OCCCOc1ncc(/C(N)=N/N(N)CC(=O)O)s1. The highest BCUT2D eigenvalue weighted by Gasteiger charge is 2.09. The standard InChI is InChI=1S/C16H20FN5O4S/c1-10-3-4-11(17)7-12(10)25-5-2-6-26-16-20-8-13(27-16)15(18)21-22(19)9-14(23)24/h3-4,7-8H,2,5-6,9,19H2,1H3,(H2,18,21)(H,23,24). The second-order valence-electron chi connectivity index (χ2n) is 5.43. The average Bonchev–Trinajstić information content (AvgIpc) is 3.06. The fourth-order valence-electron chi connectivity index (χ4n) is 1.93. The molecule has 2 rings (SSSR count). The maximum atomic E-state index is 13.2. The van der Waals surface area contributed by atoms with Crippen LogP contribution in [0.5, 0.6) is 10.9 Å². The fraction of sp³-hybridized carbons (Fsp3) is 0.312. The predicted octanol–water partition coefficient (Wildman–Crippen LogP) is 1.32. The van der Waals surface area contributed by atoms with Gasteiger partial charge in [0.15, 0.2) is 12.4 Å². The van der Waals surface area contributed by atoms with Crippen LogP contribution in [0.4, 0.5) is 4.39 Å². The van der Waals surface area contributed by atoms with Crippen molar-refractivity contribution in [3.05, 3.63) is 40.7 Å². The van der Waals surface area contributed by atoms with E-state index in [1.54, 1.807) is 6.07 Å². The molecule has 5 N–H and O–H groups in total. The molecule has 0 spiro atoms. The lowest BCUT2D eigenvalue weighted by Crippen LogP contribution is -2.33. The number of carbonyl (C=O) groups is 1. The number of hydrogen-bond donors (Lipinski definition) is 3. The van der Waals surface area contributed by atoms with Crippen LogP contribution in [0.2, 0.25) is 0 Å². The average molecular weight is 397 g/mol. The zero-order valence-electron chi connectivity index (χ0n) is 14.6. The quantitative estimate of drug-likeness (QED) is 0.179. The number of hydrazone groups is 1. The van der Waals surface area contributed by atoms with Gasteiger partial charge in [-0.05, 0) is 18.6 Å². The largest absolute Gasteiger partial charge is 0.493 e. The van der Waals surface area contributed by atoms with Crippen LogP contribution in [0.25, 0.3) is 0 Å². The van der Waals surface area contributed by atoms with Crippen LogP contribution in [-0.4, -0.2) is 46.8 Å². The highest BCUT2D eigenvalue weighted by atomic mass is 32.1. The second-order valence-corrected chi connectivity index (χ2v) is 6.42. The molecule has 0 saturated heterocycles. The summed E-state index contributed by atoms with van der Waals surface area (Å²) in [5.41, 5.74) is 6.61. The van der Waals surface area contributed by atoms with Crippen molar-refractivity contribution in [1.29, 1.82) is 0 Å². The van der Waals surface area contributed by atoms with Crippen molar-refractivity contribution in [2.45, 2.75) is 13.3 Å². The Bertz CT molecular complexity index is 814. The number of aryl methyl sites for hydroxylation is 1. The zero-order valence-corrected chi connectivity index (χ0v) is 15.4. The van der Waals surface area contributed by atoms with Gasteiger partial charge in [0.25, 0.3) is 5.19 Å². The minimum absolute atomic E-state index is 0.0380. The molecule has 2 aromatic rings. The number of hydrazine groups is 1. The molecule has 0 unspecified atom stereocenters. The van der Waals surface area contributed by atoms with E-state index in [-0.39, 0.29) is 11.7 Å². The molecule has 0 amide bonds. The van der Waals surface area contributed by atoms with Crippen LogP contribution >= 0.6 is 11.3 Å². The van der Waals surface area contributed by atoms with Gasteiger partial charge in [0.05, 0.1) is 24.3 Å². The van der Waals surface area contributed by atoms with Crippen LogP contribution in [0.3, 0.4) is 0 Å². The van der Waals surface area contributed by atoms with Gasteiger partial charge in [-0.15, -0.1) is 5.10 Å². The number of ether oxygens (including phenoxy) is 2. The van der Waals surface area contributed by atoms with Gasteiger partial charge in [-0.2, -0.15) is 0 Å². The van der Waals surface area contributed by atoms with Crippen LogP contribution in [0.15, 0.2) is 29.5 Å². The summed E-state index contributed by atoms with van der Waals surface area (Å²) in [6.07, 6.45) is 2.03. The van der Waals surface area contributed by atoms with E-state index in [1.807, 2.05) is 6.92 Å². The molecule has 9 nitrogen and oxygen atoms in total. The molecular weight excluding hydrogens is 377 g/mol. The highest BCUT2D eigenvalue weighted by Crippen LogP contribution is 2.21. The van der Waals surface area contributed by atoms with E-state index >= 15 is 0 Å². The molecule has 0 aliphatic heterocycles. The Labute approximate surface area is 159 Å². The van der Waals surface area contributed by atoms with E-state index in [1.165, 1.54) is 18.3 Å². The molecule has 146 valence electrons. The molecule has 27 heavy (non-hydrogen) atoms. The van der Waals surface area contributed by atoms with Crippen molar-refractivity contribution in [2.75, 3.05) is 19.8 Å². The van der Waals surface area contributed by atoms with Gasteiger partial charge in [0, 0.05) is 12.5 Å². The Morgan fingerprint density at radius 1 is 1.41 bits per heavy atom. The van der Waals surface area contributed by atoms with Crippen LogP contribution in [-0.2, 0) is 4.79 Å². The molecule has 0 bridgehead atoms. The van der Waals surface area contributed by atoms with E-state index in [2.05, 4.69) is 10.1 Å². The first-order chi connectivity index (χ1) is 12.8. The first kappa shape index (κ1) is 20.4. The summed E-state index contributed by atoms with van der Waals surface area (Å²) in [6, 6.07) is 4.38. The minimum Gasteiger partial charge on any atom is -0.493 e. The van der Waals surface area contributed by atoms with E-state index in [0.717, 1.165) is 22.0 Å². The summed E-state index contributed by atoms with van der Waals surface area (Å²) < 4.78 is 24.2. The predicted molar refractivity (Wildman–Crippen MR) is 98.1 cm³/mol. The van der Waals surface area contributed by atoms with Crippen LogP contribution < -0.4 is 21.1 Å². The van der Waals surface area contributed by atoms with Crippen molar-refractivity contribution in [3.63, 3.8) is 0 Å². The topological polar surface area (TPSA) is 136 Å². The maximum Gasteiger partial charge on any atom is 0.326 e. The molecule has 0 aliphatic rings. The number of thiazole rings is 1. The van der Waals surface area contributed by atoms with Crippen molar-refractivity contribution >= 4 is 23.1 Å². The number of aromatic nitrogens is 1. The Kier molecular flexibility index (Phi) is 7.32. The number of carboxylic acid groups (broad SMARTS) is 1. The van der Waals surface area contributed by atoms with Crippen molar-refractivity contribution in [2.24, 2.45) is 16.7 Å². The Morgan fingerprint density at radius 3 is 2.89 bits per heavy atom. The molecule has 0 atom stereocenters. The third-order valence-corrected chi connectivity index (χ3v) is 4.12. The summed E-state index contributed by atoms with van der Waals surface area (Å²) in [5.74, 6) is 4.47. The number of carboxylic acids is 1. The number of aliphatic carboxylic acids is 1. The molecule has 0 saturated carbocycles. The molecule has 0 fully saturated rings. The third-order valence-electron chi connectivity index (χ3n) is 3.19. The number of nitrogens with two attached hydrogens (primary N) is 2. The van der Waals surface area contributed by atoms with Gasteiger partial charge in [-0.3, -0.25) is 4.79 Å². The summed E-state index contributed by atoms with van der Waals surface area (Å²) in [5, 5.41) is 13.5. The number of rotatable bonds is 10. The van der Waals surface area contributed by atoms with Crippen LogP contribution in [0, 0.1) is 12.7 Å². The van der Waals surface area contributed by atoms with Gasteiger partial charge < -0.3 is 20.3 Å². The van der Waals surface area contributed by atoms with Crippen LogP contribution in [0.1, 0.15) is 16.9 Å². The van der Waals surface area contributed by atoms with Gasteiger partial charge in [0.1, 0.15) is 11.6 Å². The Hall–Kier alpha value is -2.92. The van der Waals surface area contributed by atoms with E-state index in [4.69, 9.17) is 26.2 Å². The summed E-state index contributed by atoms with van der Waals surface area (Å²) >= 11 is 1.15. The van der Waals surface area contributed by atoms with Gasteiger partial charge in [-0.25, -0.2) is 20.3 Å². The smallest absolute Gasteiger partial charge is 0.326 e. The number of nitrogens with zero attached hydrogens (tertiary/aromatic N) is 3. The first-order valence-electron chi connectivity index (χ1n) is 7.91. The molecular formula is C16H20FN5O4S. The highest BCUT2D eigenvalue weighted by molar-refractivity contribution is 7.15. The fourth-order valence-corrected chi connectivity index (χ4v) is 2.62. The molecule has 0 radical (unpaired) electrons. The second kappa shape index (κ2) is 9.69. The van der Waals surface area contributed by atoms with Gasteiger partial charge >= 0.3 is 5.97 Å². The lowest BCUT2D eigenvalue weighted by atomic mass is 10.2. The number of hydrogen-bond acceptors (Lipinski definition) is 8. The molecule has 0 aliphatic carbocycles. The lowest BCUT2D eigenvalue weighted by molar-refractivity contribution is -0.138. The number of amidine groups is 1. The van der Waals surface area contributed by atoms with E-state index in [9.17, 15) is 9.18 Å². The van der Waals surface area contributed by atoms with Gasteiger partial charge in [-0.1, -0.05) is 17.4 Å². The monoisotopic (exact) mass is 397 g/mol. The number of halogens is 1.